The molecule has 0 radical (unpaired) electrons. The third-order valence-electron chi connectivity index (χ3n) is 1.99. The van der Waals surface area contributed by atoms with Crippen LogP contribution in [0.25, 0.3) is 0 Å². The molecule has 1 rings (SSSR count). The lowest BCUT2D eigenvalue weighted by atomic mass is 10.1. The number of ether oxygens (including phenoxy) is 2. The molecule has 1 aromatic rings. The van der Waals surface area contributed by atoms with E-state index in [9.17, 15) is 9.18 Å². The van der Waals surface area contributed by atoms with Crippen LogP contribution < -0.4 is 4.74 Å². The van der Waals surface area contributed by atoms with E-state index in [-0.39, 0.29) is 12.2 Å². The minimum Gasteiger partial charge on any atom is -0.493 e. The molecular formula is C12H15FO3. The van der Waals surface area contributed by atoms with E-state index >= 15 is 0 Å². The minimum absolute atomic E-state index is 0.163. The summed E-state index contributed by atoms with van der Waals surface area (Å²) in [6.07, 6.45) is -1.79. The van der Waals surface area contributed by atoms with E-state index in [0.29, 0.717) is 12.4 Å². The topological polar surface area (TPSA) is 35.5 Å². The molecule has 0 fully saturated rings. The molecule has 0 spiro atoms. The van der Waals surface area contributed by atoms with Crippen molar-refractivity contribution in [2.75, 3.05) is 13.2 Å². The van der Waals surface area contributed by atoms with Crippen molar-refractivity contribution >= 4 is 5.97 Å². The lowest BCUT2D eigenvalue weighted by molar-refractivity contribution is -0.149. The second kappa shape index (κ2) is 6.10. The summed E-state index contributed by atoms with van der Waals surface area (Å²) < 4.78 is 23.6. The summed E-state index contributed by atoms with van der Waals surface area (Å²) in [6, 6.07) is 6.53. The van der Waals surface area contributed by atoms with Gasteiger partial charge >= 0.3 is 5.97 Å². The third-order valence-corrected chi connectivity index (χ3v) is 1.99. The Morgan fingerprint density at radius 1 is 1.31 bits per heavy atom. The number of hydrogen-bond acceptors (Lipinski definition) is 3. The van der Waals surface area contributed by atoms with Crippen LogP contribution >= 0.6 is 0 Å². The van der Waals surface area contributed by atoms with Crippen LogP contribution in [0, 0.1) is 0 Å². The Morgan fingerprint density at radius 2 is 2.00 bits per heavy atom. The van der Waals surface area contributed by atoms with Crippen molar-refractivity contribution in [3.63, 3.8) is 0 Å². The predicted octanol–water partition coefficient (Wildman–Crippen LogP) is 2.66. The number of benzene rings is 1. The highest BCUT2D eigenvalue weighted by Crippen LogP contribution is 2.28. The summed E-state index contributed by atoms with van der Waals surface area (Å²) in [5, 5.41) is 0. The van der Waals surface area contributed by atoms with Gasteiger partial charge in [0.2, 0.25) is 6.17 Å². The fourth-order valence-electron chi connectivity index (χ4n) is 1.32. The molecular weight excluding hydrogens is 211 g/mol. The first-order chi connectivity index (χ1) is 7.70. The highest BCUT2D eigenvalue weighted by Gasteiger charge is 2.24. The van der Waals surface area contributed by atoms with Gasteiger partial charge in [-0.05, 0) is 19.9 Å². The van der Waals surface area contributed by atoms with Crippen molar-refractivity contribution in [1.82, 2.24) is 0 Å². The van der Waals surface area contributed by atoms with Gasteiger partial charge < -0.3 is 9.47 Å². The van der Waals surface area contributed by atoms with Crippen LogP contribution in [0.2, 0.25) is 0 Å². The van der Waals surface area contributed by atoms with E-state index in [2.05, 4.69) is 4.74 Å². The molecule has 3 nitrogen and oxygen atoms in total. The number of alkyl halides is 1. The Morgan fingerprint density at radius 3 is 2.62 bits per heavy atom. The molecule has 0 N–H and O–H groups in total. The molecule has 88 valence electrons. The van der Waals surface area contributed by atoms with Crippen LogP contribution in [0.15, 0.2) is 24.3 Å². The number of para-hydroxylation sites is 1. The molecule has 0 aliphatic heterocycles. The normalized spacial score (nSPS) is 11.9. The quantitative estimate of drug-likeness (QED) is 0.724. The molecule has 0 heterocycles. The maximum atomic E-state index is 13.7. The molecule has 0 aliphatic carbocycles. The Bertz CT molecular complexity index is 352. The van der Waals surface area contributed by atoms with Crippen molar-refractivity contribution in [1.29, 1.82) is 0 Å². The molecule has 0 saturated carbocycles. The molecule has 0 aromatic heterocycles. The monoisotopic (exact) mass is 226 g/mol. The van der Waals surface area contributed by atoms with Gasteiger partial charge in [-0.1, -0.05) is 18.2 Å². The molecule has 1 atom stereocenters. The van der Waals surface area contributed by atoms with Gasteiger partial charge in [0.1, 0.15) is 5.75 Å². The number of esters is 1. The Kier molecular flexibility index (Phi) is 4.76. The third kappa shape index (κ3) is 2.95. The van der Waals surface area contributed by atoms with Crippen LogP contribution in [-0.2, 0) is 9.53 Å². The zero-order valence-electron chi connectivity index (χ0n) is 9.40. The predicted molar refractivity (Wildman–Crippen MR) is 58.1 cm³/mol. The van der Waals surface area contributed by atoms with Gasteiger partial charge in [0.05, 0.1) is 13.2 Å². The van der Waals surface area contributed by atoms with E-state index in [0.717, 1.165) is 0 Å². The van der Waals surface area contributed by atoms with Crippen LogP contribution in [0.1, 0.15) is 25.6 Å². The lowest BCUT2D eigenvalue weighted by Gasteiger charge is -2.12. The number of halogens is 1. The van der Waals surface area contributed by atoms with Crippen LogP contribution in [0.3, 0.4) is 0 Å². The Balaban J connectivity index is 2.89. The van der Waals surface area contributed by atoms with Crippen molar-refractivity contribution in [3.8, 4) is 5.75 Å². The molecule has 1 aromatic carbocycles. The molecule has 0 amide bonds. The van der Waals surface area contributed by atoms with E-state index in [1.807, 2.05) is 0 Å². The summed E-state index contributed by atoms with van der Waals surface area (Å²) in [5.74, 6) is -0.500. The zero-order valence-corrected chi connectivity index (χ0v) is 9.40. The summed E-state index contributed by atoms with van der Waals surface area (Å²) in [5.41, 5.74) is 0.211. The Hall–Kier alpha value is -1.58. The minimum atomic E-state index is -1.79. The van der Waals surface area contributed by atoms with E-state index in [1.54, 1.807) is 32.0 Å². The summed E-state index contributed by atoms with van der Waals surface area (Å²) in [6.45, 7) is 4.02. The van der Waals surface area contributed by atoms with Gasteiger partial charge in [0.15, 0.2) is 0 Å². The first-order valence-corrected chi connectivity index (χ1v) is 5.23. The first kappa shape index (κ1) is 12.5. The van der Waals surface area contributed by atoms with Gasteiger partial charge in [-0.3, -0.25) is 0 Å². The first-order valence-electron chi connectivity index (χ1n) is 5.23. The number of carbonyl (C=O) groups is 1. The fraction of sp³-hybridized carbons (Fsp3) is 0.417. The van der Waals surface area contributed by atoms with Gasteiger partial charge in [-0.2, -0.15) is 0 Å². The second-order valence-electron chi connectivity index (χ2n) is 3.09. The van der Waals surface area contributed by atoms with Crippen LogP contribution in [0.5, 0.6) is 5.75 Å². The molecule has 16 heavy (non-hydrogen) atoms. The second-order valence-corrected chi connectivity index (χ2v) is 3.09. The zero-order chi connectivity index (χ0) is 12.0. The van der Waals surface area contributed by atoms with Gasteiger partial charge in [0.25, 0.3) is 0 Å². The fourth-order valence-corrected chi connectivity index (χ4v) is 1.32. The summed E-state index contributed by atoms with van der Waals surface area (Å²) in [7, 11) is 0. The molecule has 0 aliphatic rings. The number of carbonyl (C=O) groups excluding carboxylic acids is 1. The van der Waals surface area contributed by atoms with E-state index in [4.69, 9.17) is 4.74 Å². The van der Waals surface area contributed by atoms with Crippen molar-refractivity contribution in [2.45, 2.75) is 20.0 Å². The van der Waals surface area contributed by atoms with E-state index in [1.165, 1.54) is 6.07 Å². The van der Waals surface area contributed by atoms with Crippen molar-refractivity contribution < 1.29 is 18.7 Å². The lowest BCUT2D eigenvalue weighted by Crippen LogP contribution is -2.13. The van der Waals surface area contributed by atoms with Crippen LogP contribution in [0.4, 0.5) is 4.39 Å². The standard InChI is InChI=1S/C12H15FO3/c1-3-15-10-8-6-5-7-9(10)11(13)12(14)16-4-2/h5-8,11H,3-4H2,1-2H3. The molecule has 0 bridgehead atoms. The van der Waals surface area contributed by atoms with Crippen molar-refractivity contribution in [2.24, 2.45) is 0 Å². The smallest absolute Gasteiger partial charge is 0.345 e. The average molecular weight is 226 g/mol. The SMILES string of the molecule is CCOC(=O)C(F)c1ccccc1OCC. The van der Waals surface area contributed by atoms with Crippen molar-refractivity contribution in [3.05, 3.63) is 29.8 Å². The maximum absolute atomic E-state index is 13.7. The summed E-state index contributed by atoms with van der Waals surface area (Å²) >= 11 is 0. The highest BCUT2D eigenvalue weighted by atomic mass is 19.1. The van der Waals surface area contributed by atoms with Crippen LogP contribution in [-0.4, -0.2) is 19.2 Å². The number of rotatable bonds is 5. The molecule has 0 saturated heterocycles. The number of hydrogen-bond donors (Lipinski definition) is 0. The van der Waals surface area contributed by atoms with Gasteiger partial charge in [-0.15, -0.1) is 0 Å². The maximum Gasteiger partial charge on any atom is 0.345 e. The molecule has 4 heteroatoms. The van der Waals surface area contributed by atoms with Gasteiger partial charge in [0, 0.05) is 5.56 Å². The van der Waals surface area contributed by atoms with E-state index < -0.39 is 12.1 Å². The largest absolute Gasteiger partial charge is 0.493 e. The highest BCUT2D eigenvalue weighted by molar-refractivity contribution is 5.77. The van der Waals surface area contributed by atoms with Gasteiger partial charge in [-0.25, -0.2) is 9.18 Å². The average Bonchev–Trinajstić information content (AvgIpc) is 2.29. The molecule has 1 unspecified atom stereocenters. The Labute approximate surface area is 94.2 Å². The summed E-state index contributed by atoms with van der Waals surface area (Å²) in [4.78, 5) is 11.2.